The fourth-order valence-corrected chi connectivity index (χ4v) is 2.16. The Kier molecular flexibility index (Phi) is 6.73. The third kappa shape index (κ3) is 5.78. The molecule has 3 heteroatoms. The molecule has 0 aliphatic carbocycles. The Balaban J connectivity index is 2.62. The molecule has 0 bridgehead atoms. The highest BCUT2D eigenvalue weighted by atomic mass is 16.5. The number of rotatable bonds is 7. The maximum Gasteiger partial charge on any atom is 0.260 e. The number of unbranched alkanes of at least 4 members (excludes halogenated alkanes) is 2. The van der Waals surface area contributed by atoms with Gasteiger partial charge in [0.1, 0.15) is 5.75 Å². The fourth-order valence-electron chi connectivity index (χ4n) is 2.16. The first-order chi connectivity index (χ1) is 9.86. The van der Waals surface area contributed by atoms with Gasteiger partial charge in [-0.15, -0.1) is 0 Å². The van der Waals surface area contributed by atoms with Crippen molar-refractivity contribution in [3.05, 3.63) is 29.8 Å². The van der Waals surface area contributed by atoms with E-state index in [-0.39, 0.29) is 11.3 Å². The Labute approximate surface area is 129 Å². The van der Waals surface area contributed by atoms with Crippen LogP contribution in [0, 0.1) is 0 Å². The zero-order chi connectivity index (χ0) is 15.9. The maximum absolute atomic E-state index is 12.0. The summed E-state index contributed by atoms with van der Waals surface area (Å²) < 4.78 is 5.88. The number of amides is 1. The van der Waals surface area contributed by atoms with Crippen LogP contribution in [0.25, 0.3) is 0 Å². The van der Waals surface area contributed by atoms with E-state index in [0.29, 0.717) is 0 Å². The average molecular weight is 291 g/mol. The van der Waals surface area contributed by atoms with Gasteiger partial charge in [-0.05, 0) is 30.4 Å². The highest BCUT2D eigenvalue weighted by Gasteiger charge is 2.21. The number of para-hydroxylation sites is 1. The minimum atomic E-state index is -0.477. The molecule has 0 aliphatic rings. The maximum atomic E-state index is 12.0. The smallest absolute Gasteiger partial charge is 0.260 e. The van der Waals surface area contributed by atoms with Crippen LogP contribution in [-0.2, 0) is 10.2 Å². The number of hydrogen-bond acceptors (Lipinski definition) is 2. The van der Waals surface area contributed by atoms with Crippen molar-refractivity contribution in [1.82, 2.24) is 5.32 Å². The van der Waals surface area contributed by atoms with Gasteiger partial charge in [0, 0.05) is 6.54 Å². The third-order valence-electron chi connectivity index (χ3n) is 3.45. The van der Waals surface area contributed by atoms with Crippen LogP contribution < -0.4 is 10.1 Å². The van der Waals surface area contributed by atoms with Gasteiger partial charge < -0.3 is 10.1 Å². The van der Waals surface area contributed by atoms with Crippen molar-refractivity contribution in [2.45, 2.75) is 65.4 Å². The van der Waals surface area contributed by atoms with E-state index < -0.39 is 6.10 Å². The number of carbonyl (C=O) groups is 1. The molecule has 1 aromatic rings. The molecule has 0 aromatic heterocycles. The first-order valence-corrected chi connectivity index (χ1v) is 7.90. The van der Waals surface area contributed by atoms with E-state index in [4.69, 9.17) is 4.74 Å². The summed E-state index contributed by atoms with van der Waals surface area (Å²) in [7, 11) is 0. The van der Waals surface area contributed by atoms with Gasteiger partial charge in [0.05, 0.1) is 0 Å². The average Bonchev–Trinajstić information content (AvgIpc) is 2.42. The summed E-state index contributed by atoms with van der Waals surface area (Å²) in [5.41, 5.74) is 1.11. The molecule has 0 saturated carbocycles. The molecule has 1 rings (SSSR count). The van der Waals surface area contributed by atoms with Gasteiger partial charge in [-0.1, -0.05) is 58.7 Å². The molecule has 1 N–H and O–H groups in total. The SMILES string of the molecule is CCCCCNC(=O)C(C)Oc1ccccc1C(C)(C)C. The van der Waals surface area contributed by atoms with Gasteiger partial charge in [0.25, 0.3) is 5.91 Å². The second kappa shape index (κ2) is 8.06. The van der Waals surface area contributed by atoms with E-state index in [0.717, 1.165) is 37.1 Å². The van der Waals surface area contributed by atoms with E-state index in [1.807, 2.05) is 18.2 Å². The lowest BCUT2D eigenvalue weighted by Crippen LogP contribution is -2.37. The lowest BCUT2D eigenvalue weighted by molar-refractivity contribution is -0.127. The molecular formula is C18H29NO2. The lowest BCUT2D eigenvalue weighted by Gasteiger charge is -2.24. The van der Waals surface area contributed by atoms with Crippen molar-refractivity contribution in [1.29, 1.82) is 0 Å². The van der Waals surface area contributed by atoms with Gasteiger partial charge in [0.15, 0.2) is 6.10 Å². The quantitative estimate of drug-likeness (QED) is 0.769. The summed E-state index contributed by atoms with van der Waals surface area (Å²) in [6.45, 7) is 11.1. The van der Waals surface area contributed by atoms with Crippen LogP contribution in [0.5, 0.6) is 5.75 Å². The van der Waals surface area contributed by atoms with Crippen LogP contribution >= 0.6 is 0 Å². The molecule has 0 fully saturated rings. The molecule has 1 atom stereocenters. The van der Waals surface area contributed by atoms with Crippen LogP contribution in [-0.4, -0.2) is 18.6 Å². The van der Waals surface area contributed by atoms with Gasteiger partial charge >= 0.3 is 0 Å². The van der Waals surface area contributed by atoms with E-state index in [1.54, 1.807) is 6.92 Å². The van der Waals surface area contributed by atoms with Crippen molar-refractivity contribution in [3.8, 4) is 5.75 Å². The largest absolute Gasteiger partial charge is 0.481 e. The van der Waals surface area contributed by atoms with Crippen LogP contribution in [0.1, 0.15) is 59.4 Å². The van der Waals surface area contributed by atoms with E-state index in [9.17, 15) is 4.79 Å². The number of nitrogens with one attached hydrogen (secondary N) is 1. The second-order valence-corrected chi connectivity index (χ2v) is 6.50. The highest BCUT2D eigenvalue weighted by molar-refractivity contribution is 5.80. The summed E-state index contributed by atoms with van der Waals surface area (Å²) in [5.74, 6) is 0.746. The first kappa shape index (κ1) is 17.5. The molecule has 0 heterocycles. The minimum Gasteiger partial charge on any atom is -0.481 e. The Hall–Kier alpha value is -1.51. The zero-order valence-electron chi connectivity index (χ0n) is 14.0. The molecule has 118 valence electrons. The highest BCUT2D eigenvalue weighted by Crippen LogP contribution is 2.31. The molecule has 1 unspecified atom stereocenters. The van der Waals surface area contributed by atoms with E-state index in [1.165, 1.54) is 0 Å². The number of carbonyl (C=O) groups excluding carboxylic acids is 1. The molecule has 0 spiro atoms. The summed E-state index contributed by atoms with van der Waals surface area (Å²) in [4.78, 5) is 12.0. The Morgan fingerprint density at radius 3 is 2.52 bits per heavy atom. The fraction of sp³-hybridized carbons (Fsp3) is 0.611. The Morgan fingerprint density at radius 2 is 1.90 bits per heavy atom. The number of benzene rings is 1. The topological polar surface area (TPSA) is 38.3 Å². The van der Waals surface area contributed by atoms with Crippen molar-refractivity contribution in [2.24, 2.45) is 0 Å². The molecule has 1 aromatic carbocycles. The third-order valence-corrected chi connectivity index (χ3v) is 3.45. The molecule has 1 amide bonds. The molecule has 0 aliphatic heterocycles. The van der Waals surface area contributed by atoms with E-state index >= 15 is 0 Å². The molecule has 3 nitrogen and oxygen atoms in total. The summed E-state index contributed by atoms with van der Waals surface area (Å²) in [5, 5.41) is 2.93. The first-order valence-electron chi connectivity index (χ1n) is 7.90. The predicted octanol–water partition coefficient (Wildman–Crippen LogP) is 4.06. The monoisotopic (exact) mass is 291 g/mol. The number of ether oxygens (including phenoxy) is 1. The second-order valence-electron chi connectivity index (χ2n) is 6.50. The molecule has 0 radical (unpaired) electrons. The standard InChI is InChI=1S/C18H29NO2/c1-6-7-10-13-19-17(20)14(2)21-16-12-9-8-11-15(16)18(3,4)5/h8-9,11-12,14H,6-7,10,13H2,1-5H3,(H,19,20). The summed E-state index contributed by atoms with van der Waals surface area (Å²) in [6, 6.07) is 7.93. The Bertz CT molecular complexity index is 449. The van der Waals surface area contributed by atoms with Crippen LogP contribution in [0.4, 0.5) is 0 Å². The van der Waals surface area contributed by atoms with Crippen LogP contribution in [0.2, 0.25) is 0 Å². The van der Waals surface area contributed by atoms with Crippen molar-refractivity contribution in [2.75, 3.05) is 6.54 Å². The minimum absolute atomic E-state index is 0.00604. The van der Waals surface area contributed by atoms with Crippen LogP contribution in [0.15, 0.2) is 24.3 Å². The normalized spacial score (nSPS) is 12.8. The van der Waals surface area contributed by atoms with Gasteiger partial charge in [-0.25, -0.2) is 0 Å². The zero-order valence-corrected chi connectivity index (χ0v) is 14.0. The lowest BCUT2D eigenvalue weighted by atomic mass is 9.86. The van der Waals surface area contributed by atoms with Gasteiger partial charge in [-0.2, -0.15) is 0 Å². The van der Waals surface area contributed by atoms with Crippen molar-refractivity contribution >= 4 is 5.91 Å². The summed E-state index contributed by atoms with van der Waals surface area (Å²) >= 11 is 0. The van der Waals surface area contributed by atoms with Crippen LogP contribution in [0.3, 0.4) is 0 Å². The van der Waals surface area contributed by atoms with E-state index in [2.05, 4.69) is 39.1 Å². The predicted molar refractivity (Wildman–Crippen MR) is 87.8 cm³/mol. The molecule has 21 heavy (non-hydrogen) atoms. The van der Waals surface area contributed by atoms with Gasteiger partial charge in [0.2, 0.25) is 0 Å². The molecular weight excluding hydrogens is 262 g/mol. The summed E-state index contributed by atoms with van der Waals surface area (Å²) in [6.07, 6.45) is 2.84. The Morgan fingerprint density at radius 1 is 1.24 bits per heavy atom. The van der Waals surface area contributed by atoms with Gasteiger partial charge in [-0.3, -0.25) is 4.79 Å². The molecule has 0 saturated heterocycles. The van der Waals surface area contributed by atoms with Crippen molar-refractivity contribution in [3.63, 3.8) is 0 Å². The van der Waals surface area contributed by atoms with Crippen molar-refractivity contribution < 1.29 is 9.53 Å². The number of hydrogen-bond donors (Lipinski definition) is 1.